The fraction of sp³-hybridized carbons (Fsp3) is 0.400. The molecular formula is C25H34N2O5S2. The topological polar surface area (TPSA) is 116 Å². The molecule has 0 aliphatic carbocycles. The summed E-state index contributed by atoms with van der Waals surface area (Å²) in [6.45, 7) is 4.90. The minimum absolute atomic E-state index is 0.262. The molecule has 1 aliphatic rings. The number of nitrogens with two attached hydrogens (primary N) is 1. The maximum absolute atomic E-state index is 11.5. The van der Waals surface area contributed by atoms with Crippen molar-refractivity contribution in [2.24, 2.45) is 5.41 Å². The van der Waals surface area contributed by atoms with Gasteiger partial charge in [0.15, 0.2) is 0 Å². The summed E-state index contributed by atoms with van der Waals surface area (Å²) in [5.41, 5.74) is 7.95. The number of hydrogen-bond donors (Lipinski definition) is 4. The molecule has 2 aromatic rings. The molecule has 0 amide bonds. The second-order valence-corrected chi connectivity index (χ2v) is 11.6. The summed E-state index contributed by atoms with van der Waals surface area (Å²) in [6, 6.07) is 11.2. The molecule has 1 heterocycles. The number of benzene rings is 2. The third-order valence-corrected chi connectivity index (χ3v) is 9.12. The molecule has 1 unspecified atom stereocenters. The van der Waals surface area contributed by atoms with Crippen LogP contribution in [0.25, 0.3) is 0 Å². The van der Waals surface area contributed by atoms with E-state index < -0.39 is 16.6 Å². The average Bonchev–Trinajstić information content (AvgIpc) is 2.90. The summed E-state index contributed by atoms with van der Waals surface area (Å²) in [5, 5.41) is 8.90. The molecule has 0 saturated carbocycles. The molecule has 0 saturated heterocycles. The maximum atomic E-state index is 11.5. The highest BCUT2D eigenvalue weighted by atomic mass is 32.3. The third-order valence-electron chi connectivity index (χ3n) is 6.31. The molecule has 7 nitrogen and oxygen atoms in total. The van der Waals surface area contributed by atoms with Crippen LogP contribution >= 0.6 is 22.4 Å². The van der Waals surface area contributed by atoms with Crippen LogP contribution in [0.4, 0.5) is 17.1 Å². The van der Waals surface area contributed by atoms with Gasteiger partial charge in [-0.05, 0) is 49.4 Å². The first-order chi connectivity index (χ1) is 16.1. The number of rotatable bonds is 9. The SMILES string of the molecule is CCCCC1(CC)CN(c2ccc(N)cc2)c2cc(SC)c(O/C=C/C(=O)O)cc2S(O)(O)C1. The summed E-state index contributed by atoms with van der Waals surface area (Å²) in [6.07, 6.45) is 7.62. The standard InChI is InChI=1S/C25H34N2O5S2/c1-4-6-12-25(5-2)16-27(19-9-7-18(26)8-10-19)20-14-22(33-3)21(32-13-11-24(28)29)15-23(20)34(30,31)17-25/h7-11,13-15,30-31H,4-6,12,16-17,26H2,1-3H3,(H,28,29)/b13-11+. The van der Waals surface area contributed by atoms with E-state index >= 15 is 0 Å². The molecule has 5 N–H and O–H groups in total. The zero-order chi connectivity index (χ0) is 24.9. The highest BCUT2D eigenvalue weighted by molar-refractivity contribution is 8.24. The summed E-state index contributed by atoms with van der Waals surface area (Å²) < 4.78 is 28.6. The summed E-state index contributed by atoms with van der Waals surface area (Å²) in [7, 11) is -3.16. The van der Waals surface area contributed by atoms with Crippen LogP contribution in [0.1, 0.15) is 39.5 Å². The lowest BCUT2D eigenvalue weighted by molar-refractivity contribution is -0.131. The molecule has 1 aliphatic heterocycles. The maximum Gasteiger partial charge on any atom is 0.331 e. The Balaban J connectivity index is 2.21. The molecule has 9 heteroatoms. The molecular weight excluding hydrogens is 472 g/mol. The zero-order valence-electron chi connectivity index (χ0n) is 19.9. The second kappa shape index (κ2) is 10.9. The Hall–Kier alpha value is -2.33. The number of unbranched alkanes of at least 4 members (excludes halogenated alkanes) is 1. The van der Waals surface area contributed by atoms with Crippen molar-refractivity contribution in [1.82, 2.24) is 0 Å². The molecule has 0 spiro atoms. The number of carboxylic acid groups (broad SMARTS) is 1. The molecule has 1 atom stereocenters. The van der Waals surface area contributed by atoms with Crippen LogP contribution in [-0.2, 0) is 4.79 Å². The summed E-state index contributed by atoms with van der Waals surface area (Å²) >= 11 is 1.45. The molecule has 0 aromatic heterocycles. The summed E-state index contributed by atoms with van der Waals surface area (Å²) in [5.74, 6) is -0.473. The van der Waals surface area contributed by atoms with Crippen molar-refractivity contribution in [2.45, 2.75) is 49.3 Å². The van der Waals surface area contributed by atoms with E-state index in [9.17, 15) is 13.9 Å². The van der Waals surface area contributed by atoms with Gasteiger partial charge >= 0.3 is 5.97 Å². The summed E-state index contributed by atoms with van der Waals surface area (Å²) in [4.78, 5) is 14.2. The Morgan fingerprint density at radius 1 is 1.26 bits per heavy atom. The molecule has 0 fully saturated rings. The molecule has 3 rings (SSSR count). The average molecular weight is 507 g/mol. The number of fused-ring (bicyclic) bond motifs is 1. The minimum Gasteiger partial charge on any atom is -0.478 e. The number of carboxylic acids is 1. The first-order valence-corrected chi connectivity index (χ1v) is 14.3. The van der Waals surface area contributed by atoms with Gasteiger partial charge < -0.3 is 20.5 Å². The minimum atomic E-state index is -3.16. The molecule has 2 aromatic carbocycles. The predicted octanol–water partition coefficient (Wildman–Crippen LogP) is 6.82. The largest absolute Gasteiger partial charge is 0.478 e. The van der Waals surface area contributed by atoms with Crippen molar-refractivity contribution in [3.05, 3.63) is 48.7 Å². The predicted molar refractivity (Wildman–Crippen MR) is 142 cm³/mol. The van der Waals surface area contributed by atoms with Crippen molar-refractivity contribution in [3.63, 3.8) is 0 Å². The normalized spacial score (nSPS) is 20.6. The van der Waals surface area contributed by atoms with Gasteiger partial charge in [0.1, 0.15) is 5.75 Å². The lowest BCUT2D eigenvalue weighted by atomic mass is 9.81. The van der Waals surface area contributed by atoms with E-state index in [1.807, 2.05) is 36.6 Å². The van der Waals surface area contributed by atoms with Gasteiger partial charge in [0.05, 0.1) is 27.8 Å². The van der Waals surface area contributed by atoms with Gasteiger partial charge in [-0.1, -0.05) is 26.7 Å². The monoisotopic (exact) mass is 506 g/mol. The van der Waals surface area contributed by atoms with Gasteiger partial charge in [-0.25, -0.2) is 4.79 Å². The van der Waals surface area contributed by atoms with Crippen molar-refractivity contribution in [1.29, 1.82) is 0 Å². The van der Waals surface area contributed by atoms with E-state index in [2.05, 4.69) is 18.7 Å². The Kier molecular flexibility index (Phi) is 8.46. The van der Waals surface area contributed by atoms with E-state index in [1.165, 1.54) is 11.8 Å². The number of ether oxygens (including phenoxy) is 1. The van der Waals surface area contributed by atoms with Crippen LogP contribution in [0.15, 0.2) is 58.5 Å². The zero-order valence-corrected chi connectivity index (χ0v) is 21.5. The molecule has 34 heavy (non-hydrogen) atoms. The van der Waals surface area contributed by atoms with Gasteiger partial charge in [-0.15, -0.1) is 11.8 Å². The number of anilines is 3. The lowest BCUT2D eigenvalue weighted by Gasteiger charge is -2.41. The number of thioether (sulfide) groups is 1. The Bertz CT molecular complexity index is 1040. The van der Waals surface area contributed by atoms with E-state index in [4.69, 9.17) is 15.6 Å². The van der Waals surface area contributed by atoms with Gasteiger partial charge in [0.25, 0.3) is 0 Å². The Morgan fingerprint density at radius 2 is 1.97 bits per heavy atom. The van der Waals surface area contributed by atoms with Crippen LogP contribution in [0, 0.1) is 5.41 Å². The van der Waals surface area contributed by atoms with E-state index in [-0.39, 0.29) is 11.2 Å². The van der Waals surface area contributed by atoms with E-state index in [0.29, 0.717) is 22.9 Å². The van der Waals surface area contributed by atoms with Crippen molar-refractivity contribution < 1.29 is 23.7 Å². The van der Waals surface area contributed by atoms with Gasteiger partial charge in [-0.2, -0.15) is 10.6 Å². The Morgan fingerprint density at radius 3 is 2.56 bits per heavy atom. The van der Waals surface area contributed by atoms with Crippen LogP contribution < -0.4 is 15.4 Å². The number of aliphatic carboxylic acids is 1. The number of nitrogens with zero attached hydrogens (tertiary/aromatic N) is 1. The van der Waals surface area contributed by atoms with Gasteiger partial charge in [-0.3, -0.25) is 9.11 Å². The first-order valence-electron chi connectivity index (χ1n) is 11.3. The lowest BCUT2D eigenvalue weighted by Crippen LogP contribution is -2.37. The molecule has 186 valence electrons. The van der Waals surface area contributed by atoms with Crippen molar-refractivity contribution in [3.8, 4) is 5.75 Å². The van der Waals surface area contributed by atoms with Crippen LogP contribution in [0.2, 0.25) is 0 Å². The van der Waals surface area contributed by atoms with Crippen LogP contribution in [-0.4, -0.2) is 38.7 Å². The second-order valence-electron chi connectivity index (χ2n) is 8.68. The number of nitrogen functional groups attached to an aromatic ring is 1. The van der Waals surface area contributed by atoms with Gasteiger partial charge in [0.2, 0.25) is 0 Å². The quantitative estimate of drug-likeness (QED) is 0.127. The van der Waals surface area contributed by atoms with Crippen LogP contribution in [0.5, 0.6) is 5.75 Å². The third kappa shape index (κ3) is 5.83. The number of carbonyl (C=O) groups is 1. The van der Waals surface area contributed by atoms with Crippen molar-refractivity contribution in [2.75, 3.05) is 29.2 Å². The smallest absolute Gasteiger partial charge is 0.331 e. The number of hydrogen-bond acceptors (Lipinski definition) is 7. The van der Waals surface area contributed by atoms with E-state index in [1.54, 1.807) is 6.07 Å². The first kappa shape index (κ1) is 26.3. The highest BCUT2D eigenvalue weighted by Gasteiger charge is 2.42. The fourth-order valence-corrected chi connectivity index (χ4v) is 7.16. The highest BCUT2D eigenvalue weighted by Crippen LogP contribution is 2.62. The van der Waals surface area contributed by atoms with E-state index in [0.717, 1.165) is 54.3 Å². The Labute approximate surface area is 207 Å². The van der Waals surface area contributed by atoms with Crippen LogP contribution in [0.3, 0.4) is 0 Å². The fourth-order valence-electron chi connectivity index (χ4n) is 4.37. The van der Waals surface area contributed by atoms with Gasteiger partial charge in [0, 0.05) is 35.2 Å². The molecule has 0 bridgehead atoms. The van der Waals surface area contributed by atoms with Crippen molar-refractivity contribution >= 4 is 45.4 Å². The molecule has 0 radical (unpaired) electrons.